The Bertz CT molecular complexity index is 544. The first-order valence-electron chi connectivity index (χ1n) is 8.42. The predicted molar refractivity (Wildman–Crippen MR) is 87.0 cm³/mol. The molecule has 2 heterocycles. The Kier molecular flexibility index (Phi) is 3.82. The molecule has 1 atom stereocenters. The van der Waals surface area contributed by atoms with Gasteiger partial charge in [0.25, 0.3) is 0 Å². The third kappa shape index (κ3) is 3.13. The molecule has 3 fully saturated rings. The van der Waals surface area contributed by atoms with Gasteiger partial charge in [0.05, 0.1) is 6.04 Å². The fraction of sp³-hybridized carbons (Fsp3) is 0.750. The van der Waals surface area contributed by atoms with E-state index >= 15 is 0 Å². The summed E-state index contributed by atoms with van der Waals surface area (Å²) in [5, 5.41) is 4.33. The topological polar surface area (TPSA) is 48.5 Å². The maximum absolute atomic E-state index is 12.6. The van der Waals surface area contributed by atoms with Gasteiger partial charge in [-0.2, -0.15) is 0 Å². The number of amides is 2. The van der Waals surface area contributed by atoms with Crippen molar-refractivity contribution in [2.45, 2.75) is 44.7 Å². The van der Waals surface area contributed by atoms with Crippen LogP contribution in [0.3, 0.4) is 0 Å². The molecule has 0 aromatic carbocycles. The van der Waals surface area contributed by atoms with E-state index in [0.29, 0.717) is 5.92 Å². The van der Waals surface area contributed by atoms with Crippen LogP contribution in [0.4, 0.5) is 4.79 Å². The molecule has 0 radical (unpaired) electrons. The maximum Gasteiger partial charge on any atom is 0.318 e. The van der Waals surface area contributed by atoms with E-state index in [0.717, 1.165) is 37.2 Å². The minimum atomic E-state index is 0.0974. The number of hydrogen-bond acceptors (Lipinski definition) is 4. The fourth-order valence-corrected chi connectivity index (χ4v) is 4.20. The van der Waals surface area contributed by atoms with E-state index in [1.165, 1.54) is 30.6 Å². The van der Waals surface area contributed by atoms with E-state index in [4.69, 9.17) is 0 Å². The molecule has 1 aromatic heterocycles. The monoisotopic (exact) mass is 320 g/mol. The summed E-state index contributed by atoms with van der Waals surface area (Å²) in [5.74, 6) is 0.585. The number of rotatable bonds is 4. The lowest BCUT2D eigenvalue weighted by atomic mass is 10.2. The van der Waals surface area contributed by atoms with Gasteiger partial charge in [0.15, 0.2) is 0 Å². The number of piperazine rings is 1. The van der Waals surface area contributed by atoms with Crippen molar-refractivity contribution in [3.05, 3.63) is 16.1 Å². The van der Waals surface area contributed by atoms with Crippen LogP contribution >= 0.6 is 11.3 Å². The molecule has 1 aliphatic heterocycles. The molecule has 3 aliphatic rings. The van der Waals surface area contributed by atoms with Gasteiger partial charge in [0.1, 0.15) is 5.01 Å². The Balaban J connectivity index is 1.35. The highest BCUT2D eigenvalue weighted by molar-refractivity contribution is 7.11. The lowest BCUT2D eigenvalue weighted by Crippen LogP contribution is -2.52. The summed E-state index contributed by atoms with van der Waals surface area (Å²) in [6.07, 6.45) is 7.02. The van der Waals surface area contributed by atoms with Crippen LogP contribution in [-0.4, -0.2) is 53.0 Å². The summed E-state index contributed by atoms with van der Waals surface area (Å²) >= 11 is 1.71. The summed E-state index contributed by atoms with van der Waals surface area (Å²) < 4.78 is 0. The van der Waals surface area contributed by atoms with Crippen LogP contribution in [0.1, 0.15) is 41.6 Å². The lowest BCUT2D eigenvalue weighted by molar-refractivity contribution is 0.132. The van der Waals surface area contributed by atoms with Crippen molar-refractivity contribution in [1.82, 2.24) is 20.1 Å². The first-order chi connectivity index (χ1) is 10.7. The number of carbonyl (C=O) groups is 1. The molecule has 22 heavy (non-hydrogen) atoms. The third-order valence-corrected chi connectivity index (χ3v) is 5.94. The van der Waals surface area contributed by atoms with Gasteiger partial charge in [-0.15, -0.1) is 11.3 Å². The highest BCUT2D eigenvalue weighted by atomic mass is 32.1. The number of carbonyl (C=O) groups excluding carboxylic acids is 1. The number of hydrogen-bond donors (Lipinski definition) is 1. The first-order valence-corrected chi connectivity index (χ1v) is 9.24. The van der Waals surface area contributed by atoms with Crippen molar-refractivity contribution in [3.63, 3.8) is 0 Å². The second-order valence-electron chi connectivity index (χ2n) is 6.83. The molecular formula is C16H24N4OS. The van der Waals surface area contributed by atoms with Gasteiger partial charge in [0.2, 0.25) is 0 Å². The second-order valence-corrected chi connectivity index (χ2v) is 8.09. The van der Waals surface area contributed by atoms with Gasteiger partial charge in [0, 0.05) is 43.3 Å². The zero-order chi connectivity index (χ0) is 15.1. The van der Waals surface area contributed by atoms with E-state index in [2.05, 4.69) is 22.1 Å². The summed E-state index contributed by atoms with van der Waals surface area (Å²) in [5.41, 5.74) is 0. The van der Waals surface area contributed by atoms with Crippen LogP contribution in [0.15, 0.2) is 6.20 Å². The van der Waals surface area contributed by atoms with Crippen LogP contribution in [0.25, 0.3) is 0 Å². The first kappa shape index (κ1) is 14.5. The van der Waals surface area contributed by atoms with E-state index in [1.54, 1.807) is 11.3 Å². The SMILES string of the molecule is Cc1cnc([C@H](NC(=O)N2CCN(C3CC3)CC2)C2CC2)s1. The molecule has 2 amide bonds. The van der Waals surface area contributed by atoms with Gasteiger partial charge >= 0.3 is 6.03 Å². The Morgan fingerprint density at radius 1 is 1.27 bits per heavy atom. The molecule has 6 heteroatoms. The zero-order valence-electron chi connectivity index (χ0n) is 13.1. The number of aromatic nitrogens is 1. The van der Waals surface area contributed by atoms with Gasteiger partial charge in [-0.3, -0.25) is 4.90 Å². The number of urea groups is 1. The van der Waals surface area contributed by atoms with Crippen LogP contribution in [0.5, 0.6) is 0 Å². The summed E-state index contributed by atoms with van der Waals surface area (Å²) in [4.78, 5) is 22.8. The molecule has 2 saturated carbocycles. The molecular weight excluding hydrogens is 296 g/mol. The number of nitrogens with zero attached hydrogens (tertiary/aromatic N) is 3. The van der Waals surface area contributed by atoms with Crippen LogP contribution in [0, 0.1) is 12.8 Å². The van der Waals surface area contributed by atoms with Gasteiger partial charge < -0.3 is 10.2 Å². The average molecular weight is 320 g/mol. The van der Waals surface area contributed by atoms with Gasteiger partial charge in [-0.1, -0.05) is 0 Å². The fourth-order valence-electron chi connectivity index (χ4n) is 3.28. The summed E-state index contributed by atoms with van der Waals surface area (Å²) in [7, 11) is 0. The molecule has 0 bridgehead atoms. The van der Waals surface area contributed by atoms with Crippen molar-refractivity contribution in [2.75, 3.05) is 26.2 Å². The zero-order valence-corrected chi connectivity index (χ0v) is 13.9. The molecule has 4 rings (SSSR count). The molecule has 2 aliphatic carbocycles. The third-order valence-electron chi connectivity index (χ3n) is 4.94. The molecule has 0 unspecified atom stereocenters. The average Bonchev–Trinajstić information content (AvgIpc) is 3.43. The standard InChI is InChI=1S/C16H24N4OS/c1-11-10-17-15(22-11)14(12-2-3-12)18-16(21)20-8-6-19(7-9-20)13-4-5-13/h10,12-14H,2-9H2,1H3,(H,18,21)/t14-/m1/s1. The van der Waals surface area contributed by atoms with Crippen LogP contribution in [-0.2, 0) is 0 Å². The number of aryl methyl sites for hydroxylation is 1. The Labute approximate surface area is 135 Å². The predicted octanol–water partition coefficient (Wildman–Crippen LogP) is 2.39. The largest absolute Gasteiger partial charge is 0.328 e. The van der Waals surface area contributed by atoms with Crippen molar-refractivity contribution < 1.29 is 4.79 Å². The minimum Gasteiger partial charge on any atom is -0.328 e. The van der Waals surface area contributed by atoms with Crippen molar-refractivity contribution in [3.8, 4) is 0 Å². The summed E-state index contributed by atoms with van der Waals surface area (Å²) in [6, 6.07) is 1.02. The normalized spacial score (nSPS) is 24.3. The molecule has 120 valence electrons. The van der Waals surface area contributed by atoms with Crippen molar-refractivity contribution in [1.29, 1.82) is 0 Å². The molecule has 1 aromatic rings. The Hall–Kier alpha value is -1.14. The lowest BCUT2D eigenvalue weighted by Gasteiger charge is -2.35. The maximum atomic E-state index is 12.6. The Morgan fingerprint density at radius 2 is 2.00 bits per heavy atom. The van der Waals surface area contributed by atoms with E-state index in [-0.39, 0.29) is 12.1 Å². The van der Waals surface area contributed by atoms with Crippen LogP contribution < -0.4 is 5.32 Å². The molecule has 1 saturated heterocycles. The number of thiazole rings is 1. The Morgan fingerprint density at radius 3 is 2.55 bits per heavy atom. The summed E-state index contributed by atoms with van der Waals surface area (Å²) in [6.45, 7) is 5.85. The van der Waals surface area contributed by atoms with E-state index in [9.17, 15) is 4.79 Å². The van der Waals surface area contributed by atoms with Crippen molar-refractivity contribution >= 4 is 17.4 Å². The van der Waals surface area contributed by atoms with Gasteiger partial charge in [-0.25, -0.2) is 9.78 Å². The quantitative estimate of drug-likeness (QED) is 0.927. The second kappa shape index (κ2) is 5.81. The highest BCUT2D eigenvalue weighted by Crippen LogP contribution is 2.42. The number of nitrogens with one attached hydrogen (secondary N) is 1. The minimum absolute atomic E-state index is 0.0974. The van der Waals surface area contributed by atoms with Gasteiger partial charge in [-0.05, 0) is 38.5 Å². The van der Waals surface area contributed by atoms with Crippen molar-refractivity contribution in [2.24, 2.45) is 5.92 Å². The molecule has 0 spiro atoms. The molecule has 1 N–H and O–H groups in total. The van der Waals surface area contributed by atoms with E-state index in [1.807, 2.05) is 11.1 Å². The van der Waals surface area contributed by atoms with E-state index < -0.39 is 0 Å². The highest BCUT2D eigenvalue weighted by Gasteiger charge is 2.37. The molecule has 5 nitrogen and oxygen atoms in total. The van der Waals surface area contributed by atoms with Crippen LogP contribution in [0.2, 0.25) is 0 Å². The smallest absolute Gasteiger partial charge is 0.318 e.